The van der Waals surface area contributed by atoms with E-state index in [1.807, 2.05) is 72.8 Å². The van der Waals surface area contributed by atoms with E-state index in [4.69, 9.17) is 16.3 Å². The van der Waals surface area contributed by atoms with Crippen LogP contribution in [0.15, 0.2) is 78.6 Å². The maximum atomic E-state index is 13.5. The molecule has 180 valence electrons. The van der Waals surface area contributed by atoms with Gasteiger partial charge in [0.25, 0.3) is 5.91 Å². The summed E-state index contributed by atoms with van der Waals surface area (Å²) in [6, 6.07) is 22.8. The van der Waals surface area contributed by atoms with Crippen molar-refractivity contribution in [3.05, 3.63) is 100 Å². The third-order valence-electron chi connectivity index (χ3n) is 5.84. The van der Waals surface area contributed by atoms with Gasteiger partial charge in [-0.05, 0) is 58.9 Å². The predicted octanol–water partition coefficient (Wildman–Crippen LogP) is 5.76. The highest BCUT2D eigenvalue weighted by Crippen LogP contribution is 2.39. The fourth-order valence-corrected chi connectivity index (χ4v) is 3.96. The Kier molecular flexibility index (Phi) is 7.27. The Morgan fingerprint density at radius 2 is 1.74 bits per heavy atom. The molecule has 35 heavy (non-hydrogen) atoms. The van der Waals surface area contributed by atoms with Crippen molar-refractivity contribution < 1.29 is 14.3 Å². The summed E-state index contributed by atoms with van der Waals surface area (Å²) in [7, 11) is 0. The normalized spacial score (nSPS) is 14.5. The Hall–Kier alpha value is -3.57. The van der Waals surface area contributed by atoms with E-state index in [9.17, 15) is 9.59 Å². The zero-order valence-electron chi connectivity index (χ0n) is 20.2. The van der Waals surface area contributed by atoms with Crippen LogP contribution in [-0.2, 0) is 21.4 Å². The first kappa shape index (κ1) is 24.6. The summed E-state index contributed by atoms with van der Waals surface area (Å²) in [5.41, 5.74) is 3.45. The SMILES string of the molecule is CC(C)(C)c1ccc2c(c1)N(CC(=O)NCCc1ccc(Cl)cc1)C(=O)/C(=C/c1ccccc1)O2. The van der Waals surface area contributed by atoms with Gasteiger partial charge in [-0.3, -0.25) is 14.5 Å². The molecular weight excluding hydrogens is 460 g/mol. The molecule has 1 aliphatic rings. The molecule has 0 bridgehead atoms. The highest BCUT2D eigenvalue weighted by atomic mass is 35.5. The lowest BCUT2D eigenvalue weighted by molar-refractivity contribution is -0.123. The lowest BCUT2D eigenvalue weighted by atomic mass is 9.86. The number of ether oxygens (including phenoxy) is 1. The van der Waals surface area contributed by atoms with Crippen LogP contribution in [0.5, 0.6) is 5.75 Å². The quantitative estimate of drug-likeness (QED) is 0.448. The third-order valence-corrected chi connectivity index (χ3v) is 6.09. The Morgan fingerprint density at radius 3 is 2.43 bits per heavy atom. The molecule has 0 fully saturated rings. The molecule has 0 aromatic heterocycles. The summed E-state index contributed by atoms with van der Waals surface area (Å²) < 4.78 is 6.00. The summed E-state index contributed by atoms with van der Waals surface area (Å²) in [6.07, 6.45) is 2.37. The van der Waals surface area contributed by atoms with E-state index in [2.05, 4.69) is 26.1 Å². The van der Waals surface area contributed by atoms with Crippen molar-refractivity contribution in [1.82, 2.24) is 5.32 Å². The number of benzene rings is 3. The zero-order chi connectivity index (χ0) is 25.0. The average molecular weight is 489 g/mol. The Bertz CT molecular complexity index is 1250. The maximum absolute atomic E-state index is 13.5. The number of hydrogen-bond acceptors (Lipinski definition) is 3. The van der Waals surface area contributed by atoms with Crippen molar-refractivity contribution >= 4 is 35.2 Å². The fourth-order valence-electron chi connectivity index (χ4n) is 3.83. The first-order valence-electron chi connectivity index (χ1n) is 11.6. The van der Waals surface area contributed by atoms with Crippen LogP contribution in [0, 0.1) is 0 Å². The lowest BCUT2D eigenvalue weighted by Crippen LogP contribution is -2.44. The second-order valence-electron chi connectivity index (χ2n) is 9.57. The monoisotopic (exact) mass is 488 g/mol. The van der Waals surface area contributed by atoms with Crippen LogP contribution in [0.1, 0.15) is 37.5 Å². The van der Waals surface area contributed by atoms with E-state index in [0.29, 0.717) is 29.4 Å². The number of halogens is 1. The van der Waals surface area contributed by atoms with Gasteiger partial charge in [0.05, 0.1) is 5.69 Å². The maximum Gasteiger partial charge on any atom is 0.294 e. The number of hydrogen-bond donors (Lipinski definition) is 1. The van der Waals surface area contributed by atoms with Crippen LogP contribution in [0.4, 0.5) is 5.69 Å². The van der Waals surface area contributed by atoms with Crippen molar-refractivity contribution in [2.75, 3.05) is 18.0 Å². The molecule has 0 radical (unpaired) electrons. The number of carbonyl (C=O) groups is 2. The average Bonchev–Trinajstić information content (AvgIpc) is 2.83. The van der Waals surface area contributed by atoms with Crippen LogP contribution in [0.2, 0.25) is 5.02 Å². The van der Waals surface area contributed by atoms with Gasteiger partial charge in [-0.2, -0.15) is 0 Å². The molecule has 0 saturated carbocycles. The molecule has 6 heteroatoms. The first-order chi connectivity index (χ1) is 16.7. The van der Waals surface area contributed by atoms with Crippen LogP contribution < -0.4 is 15.0 Å². The van der Waals surface area contributed by atoms with Gasteiger partial charge in [0, 0.05) is 11.6 Å². The van der Waals surface area contributed by atoms with E-state index >= 15 is 0 Å². The summed E-state index contributed by atoms with van der Waals surface area (Å²) in [5.74, 6) is 0.149. The predicted molar refractivity (Wildman–Crippen MR) is 141 cm³/mol. The highest BCUT2D eigenvalue weighted by Gasteiger charge is 2.33. The molecule has 0 aliphatic carbocycles. The summed E-state index contributed by atoms with van der Waals surface area (Å²) in [6.45, 7) is 6.68. The van der Waals surface area contributed by atoms with E-state index < -0.39 is 0 Å². The van der Waals surface area contributed by atoms with Gasteiger partial charge in [0.1, 0.15) is 6.54 Å². The van der Waals surface area contributed by atoms with Gasteiger partial charge < -0.3 is 10.1 Å². The molecule has 1 heterocycles. The number of rotatable bonds is 6. The van der Waals surface area contributed by atoms with Crippen molar-refractivity contribution in [3.8, 4) is 5.75 Å². The first-order valence-corrected chi connectivity index (χ1v) is 12.0. The summed E-state index contributed by atoms with van der Waals surface area (Å²) in [5, 5.41) is 3.60. The Morgan fingerprint density at radius 1 is 1.03 bits per heavy atom. The molecular formula is C29H29ClN2O3. The van der Waals surface area contributed by atoms with E-state index in [1.165, 1.54) is 4.90 Å². The van der Waals surface area contributed by atoms with Crippen LogP contribution in [0.25, 0.3) is 6.08 Å². The van der Waals surface area contributed by atoms with Gasteiger partial charge in [0.2, 0.25) is 5.91 Å². The van der Waals surface area contributed by atoms with Gasteiger partial charge in [-0.1, -0.05) is 80.9 Å². The molecule has 0 saturated heterocycles. The Balaban J connectivity index is 1.56. The Labute approximate surface area is 211 Å². The highest BCUT2D eigenvalue weighted by molar-refractivity contribution is 6.30. The molecule has 1 N–H and O–H groups in total. The largest absolute Gasteiger partial charge is 0.449 e. The molecule has 0 spiro atoms. The molecule has 3 aromatic rings. The third kappa shape index (κ3) is 6.11. The number of fused-ring (bicyclic) bond motifs is 1. The molecule has 3 aromatic carbocycles. The second-order valence-corrected chi connectivity index (χ2v) is 10.0. The van der Waals surface area contributed by atoms with E-state index in [1.54, 1.807) is 6.08 Å². The van der Waals surface area contributed by atoms with Crippen molar-refractivity contribution in [3.63, 3.8) is 0 Å². The number of nitrogens with one attached hydrogen (secondary N) is 1. The molecule has 0 unspecified atom stereocenters. The van der Waals surface area contributed by atoms with E-state index in [0.717, 1.165) is 16.7 Å². The van der Waals surface area contributed by atoms with Crippen molar-refractivity contribution in [2.45, 2.75) is 32.6 Å². The molecule has 0 atom stereocenters. The topological polar surface area (TPSA) is 58.6 Å². The number of anilines is 1. The summed E-state index contributed by atoms with van der Waals surface area (Å²) >= 11 is 5.94. The molecule has 1 aliphatic heterocycles. The smallest absolute Gasteiger partial charge is 0.294 e. The minimum Gasteiger partial charge on any atom is -0.449 e. The minimum absolute atomic E-state index is 0.102. The fraction of sp³-hybridized carbons (Fsp3) is 0.241. The van der Waals surface area contributed by atoms with Gasteiger partial charge in [-0.25, -0.2) is 0 Å². The van der Waals surface area contributed by atoms with Gasteiger partial charge in [0.15, 0.2) is 11.5 Å². The summed E-state index contributed by atoms with van der Waals surface area (Å²) in [4.78, 5) is 27.8. The van der Waals surface area contributed by atoms with E-state index in [-0.39, 0.29) is 29.5 Å². The minimum atomic E-state index is -0.347. The number of amides is 2. The number of nitrogens with zero attached hydrogens (tertiary/aromatic N) is 1. The van der Waals surface area contributed by atoms with Crippen LogP contribution in [0.3, 0.4) is 0 Å². The second kappa shape index (κ2) is 10.4. The van der Waals surface area contributed by atoms with Gasteiger partial charge in [-0.15, -0.1) is 0 Å². The number of carbonyl (C=O) groups excluding carboxylic acids is 2. The van der Waals surface area contributed by atoms with Crippen LogP contribution in [-0.4, -0.2) is 24.9 Å². The van der Waals surface area contributed by atoms with Gasteiger partial charge >= 0.3 is 0 Å². The van der Waals surface area contributed by atoms with Crippen LogP contribution >= 0.6 is 11.6 Å². The molecule has 2 amide bonds. The standard InChI is InChI=1S/C29H29ClN2O3/c1-29(2,3)22-11-14-25-24(18-22)32(28(34)26(35-25)17-21-7-5-4-6-8-21)19-27(33)31-16-15-20-9-12-23(30)13-10-20/h4-14,17-18H,15-16,19H2,1-3H3,(H,31,33)/b26-17-. The molecule has 4 rings (SSSR count). The molecule has 5 nitrogen and oxygen atoms in total. The lowest BCUT2D eigenvalue weighted by Gasteiger charge is -2.32. The zero-order valence-corrected chi connectivity index (χ0v) is 20.9. The van der Waals surface area contributed by atoms with Crippen molar-refractivity contribution in [2.24, 2.45) is 0 Å². The van der Waals surface area contributed by atoms with Crippen molar-refractivity contribution in [1.29, 1.82) is 0 Å².